The Bertz CT molecular complexity index is 831. The van der Waals surface area contributed by atoms with E-state index >= 15 is 0 Å². The van der Waals surface area contributed by atoms with Crippen LogP contribution in [0.2, 0.25) is 0 Å². The number of nitrogens with zero attached hydrogens (tertiary/aromatic N) is 4. The molecule has 114 valence electrons. The van der Waals surface area contributed by atoms with E-state index in [1.54, 1.807) is 0 Å². The Kier molecular flexibility index (Phi) is 4.24. The van der Waals surface area contributed by atoms with Gasteiger partial charge in [0, 0.05) is 17.7 Å². The SMILES string of the molecule is CCCn1c2ccccc2c2nnc(SCCC(=O)O)nc21. The van der Waals surface area contributed by atoms with Gasteiger partial charge in [-0.05, 0) is 12.5 Å². The number of carbonyl (C=O) groups is 1. The van der Waals surface area contributed by atoms with E-state index in [4.69, 9.17) is 5.11 Å². The third kappa shape index (κ3) is 2.76. The summed E-state index contributed by atoms with van der Waals surface area (Å²) in [5.74, 6) is -0.377. The standard InChI is InChI=1S/C15H16N4O2S/c1-2-8-19-11-6-4-3-5-10(11)13-14(19)16-15(18-17-13)22-9-7-12(20)21/h3-6H,2,7-9H2,1H3,(H,20,21). The Morgan fingerprint density at radius 1 is 1.32 bits per heavy atom. The number of hydrogen-bond acceptors (Lipinski definition) is 5. The summed E-state index contributed by atoms with van der Waals surface area (Å²) in [6, 6.07) is 8.07. The Labute approximate surface area is 131 Å². The monoisotopic (exact) mass is 316 g/mol. The molecule has 0 unspecified atom stereocenters. The lowest BCUT2D eigenvalue weighted by Crippen LogP contribution is -2.01. The molecule has 3 aromatic rings. The van der Waals surface area contributed by atoms with Gasteiger partial charge < -0.3 is 9.67 Å². The van der Waals surface area contributed by atoms with Gasteiger partial charge in [-0.25, -0.2) is 4.98 Å². The number of benzene rings is 1. The minimum Gasteiger partial charge on any atom is -0.481 e. The van der Waals surface area contributed by atoms with E-state index in [0.29, 0.717) is 10.9 Å². The number of carboxylic acids is 1. The Morgan fingerprint density at radius 2 is 2.14 bits per heavy atom. The zero-order chi connectivity index (χ0) is 15.5. The first-order valence-electron chi connectivity index (χ1n) is 7.17. The molecule has 1 aromatic carbocycles. The lowest BCUT2D eigenvalue weighted by atomic mass is 10.2. The maximum absolute atomic E-state index is 10.6. The topological polar surface area (TPSA) is 80.9 Å². The lowest BCUT2D eigenvalue weighted by Gasteiger charge is -2.04. The van der Waals surface area contributed by atoms with Crippen molar-refractivity contribution in [3.63, 3.8) is 0 Å². The molecule has 0 spiro atoms. The van der Waals surface area contributed by atoms with Crippen molar-refractivity contribution in [3.8, 4) is 0 Å². The van der Waals surface area contributed by atoms with Crippen LogP contribution in [0.5, 0.6) is 0 Å². The van der Waals surface area contributed by atoms with Crippen LogP contribution >= 0.6 is 11.8 Å². The van der Waals surface area contributed by atoms with Gasteiger partial charge in [0.1, 0.15) is 5.52 Å². The van der Waals surface area contributed by atoms with Crippen molar-refractivity contribution in [1.29, 1.82) is 0 Å². The summed E-state index contributed by atoms with van der Waals surface area (Å²) in [4.78, 5) is 15.2. The average Bonchev–Trinajstić information content (AvgIpc) is 2.82. The quantitative estimate of drug-likeness (QED) is 0.704. The van der Waals surface area contributed by atoms with Gasteiger partial charge >= 0.3 is 5.97 Å². The maximum Gasteiger partial charge on any atom is 0.304 e. The summed E-state index contributed by atoms with van der Waals surface area (Å²) in [5.41, 5.74) is 2.72. The number of thioether (sulfide) groups is 1. The molecule has 22 heavy (non-hydrogen) atoms. The van der Waals surface area contributed by atoms with E-state index in [9.17, 15) is 4.79 Å². The molecule has 0 radical (unpaired) electrons. The van der Waals surface area contributed by atoms with E-state index in [1.807, 2.05) is 18.2 Å². The average molecular weight is 316 g/mol. The van der Waals surface area contributed by atoms with Gasteiger partial charge in [-0.3, -0.25) is 4.79 Å². The van der Waals surface area contributed by atoms with E-state index in [-0.39, 0.29) is 6.42 Å². The molecule has 0 saturated carbocycles. The van der Waals surface area contributed by atoms with Crippen molar-refractivity contribution in [1.82, 2.24) is 19.7 Å². The second kappa shape index (κ2) is 6.31. The minimum atomic E-state index is -0.818. The molecule has 0 aliphatic carbocycles. The van der Waals surface area contributed by atoms with Crippen LogP contribution in [0.4, 0.5) is 0 Å². The molecule has 1 N–H and O–H groups in total. The van der Waals surface area contributed by atoms with Crippen LogP contribution in [-0.2, 0) is 11.3 Å². The molecule has 6 nitrogen and oxygen atoms in total. The highest BCUT2D eigenvalue weighted by Crippen LogP contribution is 2.27. The molecule has 7 heteroatoms. The van der Waals surface area contributed by atoms with Crippen LogP contribution < -0.4 is 0 Å². The second-order valence-corrected chi connectivity index (χ2v) is 5.99. The highest BCUT2D eigenvalue weighted by atomic mass is 32.2. The zero-order valence-electron chi connectivity index (χ0n) is 12.2. The van der Waals surface area contributed by atoms with Crippen LogP contribution in [0.15, 0.2) is 29.4 Å². The fourth-order valence-corrected chi connectivity index (χ4v) is 3.14. The van der Waals surface area contributed by atoms with Crippen molar-refractivity contribution >= 4 is 39.8 Å². The van der Waals surface area contributed by atoms with Crippen molar-refractivity contribution in [2.75, 3.05) is 5.75 Å². The van der Waals surface area contributed by atoms with E-state index in [1.165, 1.54) is 11.8 Å². The Hall–Kier alpha value is -2.15. The molecule has 0 fully saturated rings. The number of aromatic nitrogens is 4. The largest absolute Gasteiger partial charge is 0.481 e. The number of para-hydroxylation sites is 1. The molecule has 0 amide bonds. The summed E-state index contributed by atoms with van der Waals surface area (Å²) >= 11 is 1.32. The van der Waals surface area contributed by atoms with Crippen LogP contribution in [0, 0.1) is 0 Å². The Balaban J connectivity index is 2.04. The van der Waals surface area contributed by atoms with Gasteiger partial charge in [0.05, 0.1) is 11.9 Å². The fraction of sp³-hybridized carbons (Fsp3) is 0.333. The van der Waals surface area contributed by atoms with Crippen LogP contribution in [0.3, 0.4) is 0 Å². The van der Waals surface area contributed by atoms with Crippen LogP contribution in [0.25, 0.3) is 22.1 Å². The summed E-state index contributed by atoms with van der Waals surface area (Å²) in [6.45, 7) is 2.99. The van der Waals surface area contributed by atoms with Gasteiger partial charge in [-0.15, -0.1) is 10.2 Å². The van der Waals surface area contributed by atoms with Crippen molar-refractivity contribution in [2.24, 2.45) is 0 Å². The molecular weight excluding hydrogens is 300 g/mol. The number of aliphatic carboxylic acids is 1. The number of aryl methyl sites for hydroxylation is 1. The number of carboxylic acid groups (broad SMARTS) is 1. The molecule has 2 aromatic heterocycles. The first-order chi connectivity index (χ1) is 10.7. The molecule has 2 heterocycles. The first kappa shape index (κ1) is 14.8. The molecule has 0 aliphatic heterocycles. The van der Waals surface area contributed by atoms with Crippen molar-refractivity contribution in [2.45, 2.75) is 31.5 Å². The van der Waals surface area contributed by atoms with E-state index in [0.717, 1.165) is 35.0 Å². The normalized spacial score (nSPS) is 11.3. The fourth-order valence-electron chi connectivity index (χ4n) is 2.43. The van der Waals surface area contributed by atoms with Crippen molar-refractivity contribution in [3.05, 3.63) is 24.3 Å². The molecule has 3 rings (SSSR count). The molecule has 0 atom stereocenters. The summed E-state index contributed by atoms with van der Waals surface area (Å²) in [5, 5.41) is 18.7. The van der Waals surface area contributed by atoms with Gasteiger partial charge in [-0.2, -0.15) is 0 Å². The predicted molar refractivity (Wildman–Crippen MR) is 86.1 cm³/mol. The number of fused-ring (bicyclic) bond motifs is 3. The van der Waals surface area contributed by atoms with Gasteiger partial charge in [0.2, 0.25) is 5.16 Å². The van der Waals surface area contributed by atoms with Crippen LogP contribution in [-0.4, -0.2) is 36.6 Å². The Morgan fingerprint density at radius 3 is 2.91 bits per heavy atom. The predicted octanol–water partition coefficient (Wildman–Crippen LogP) is 2.96. The third-order valence-corrected chi connectivity index (χ3v) is 4.19. The maximum atomic E-state index is 10.6. The lowest BCUT2D eigenvalue weighted by molar-refractivity contribution is -0.136. The van der Waals surface area contributed by atoms with Gasteiger partial charge in [-0.1, -0.05) is 36.9 Å². The summed E-state index contributed by atoms with van der Waals surface area (Å²) < 4.78 is 2.15. The smallest absolute Gasteiger partial charge is 0.304 e. The first-order valence-corrected chi connectivity index (χ1v) is 8.15. The highest BCUT2D eigenvalue weighted by molar-refractivity contribution is 7.99. The molecule has 0 saturated heterocycles. The van der Waals surface area contributed by atoms with Gasteiger partial charge in [0.25, 0.3) is 0 Å². The van der Waals surface area contributed by atoms with Crippen molar-refractivity contribution < 1.29 is 9.90 Å². The van der Waals surface area contributed by atoms with Crippen LogP contribution in [0.1, 0.15) is 19.8 Å². The molecular formula is C15H16N4O2S. The molecule has 0 bridgehead atoms. The van der Waals surface area contributed by atoms with Gasteiger partial charge in [0.15, 0.2) is 5.65 Å². The number of hydrogen-bond donors (Lipinski definition) is 1. The third-order valence-electron chi connectivity index (χ3n) is 3.35. The highest BCUT2D eigenvalue weighted by Gasteiger charge is 2.14. The molecule has 0 aliphatic rings. The zero-order valence-corrected chi connectivity index (χ0v) is 13.0. The minimum absolute atomic E-state index is 0.0873. The number of rotatable bonds is 6. The van der Waals surface area contributed by atoms with E-state index < -0.39 is 5.97 Å². The summed E-state index contributed by atoms with van der Waals surface area (Å²) in [6.07, 6.45) is 1.09. The van der Waals surface area contributed by atoms with E-state index in [2.05, 4.69) is 32.7 Å². The second-order valence-electron chi connectivity index (χ2n) is 4.93. The summed E-state index contributed by atoms with van der Waals surface area (Å²) in [7, 11) is 0.